The molecule has 0 aliphatic carbocycles. The van der Waals surface area contributed by atoms with Gasteiger partial charge in [0.2, 0.25) is 0 Å². The van der Waals surface area contributed by atoms with Crippen molar-refractivity contribution in [3.8, 4) is 0 Å². The molecule has 1 atom stereocenters. The molecule has 1 heterocycles. The van der Waals surface area contributed by atoms with Crippen LogP contribution in [0, 0.1) is 0 Å². The maximum atomic E-state index is 2.56. The Bertz CT molecular complexity index is 253. The van der Waals surface area contributed by atoms with E-state index in [0.717, 1.165) is 12.6 Å². The molecule has 0 aromatic heterocycles. The first-order valence-electron chi connectivity index (χ1n) is 5.18. The second-order valence-corrected chi connectivity index (χ2v) is 3.81. The van der Waals surface area contributed by atoms with Crippen LogP contribution in [0.25, 0.3) is 0 Å². The van der Waals surface area contributed by atoms with Crippen LogP contribution in [0.4, 0.5) is 0 Å². The van der Waals surface area contributed by atoms with Crippen LogP contribution in [-0.2, 0) is 6.54 Å². The van der Waals surface area contributed by atoms with Gasteiger partial charge in [-0.15, -0.1) is 0 Å². The molecule has 1 aromatic carbocycles. The Kier molecular flexibility index (Phi) is 2.65. The maximum Gasteiger partial charge on any atom is 0.0236 e. The molecule has 70 valence electrons. The van der Waals surface area contributed by atoms with Gasteiger partial charge in [0.1, 0.15) is 0 Å². The summed E-state index contributed by atoms with van der Waals surface area (Å²) in [5, 5.41) is 0. The Labute approximate surface area is 80.4 Å². The average molecular weight is 175 g/mol. The Balaban J connectivity index is 1.92. The van der Waals surface area contributed by atoms with Gasteiger partial charge in [-0.1, -0.05) is 37.3 Å². The molecule has 0 spiro atoms. The second-order valence-electron chi connectivity index (χ2n) is 3.81. The fourth-order valence-electron chi connectivity index (χ4n) is 1.98. The summed E-state index contributed by atoms with van der Waals surface area (Å²) >= 11 is 0. The molecule has 13 heavy (non-hydrogen) atoms. The minimum atomic E-state index is 0.847. The van der Waals surface area contributed by atoms with Crippen molar-refractivity contribution in [3.05, 3.63) is 35.9 Å². The Hall–Kier alpha value is -0.820. The van der Waals surface area contributed by atoms with E-state index in [1.165, 1.54) is 24.9 Å². The molecular formula is C12H17N. The van der Waals surface area contributed by atoms with E-state index in [-0.39, 0.29) is 0 Å². The van der Waals surface area contributed by atoms with Gasteiger partial charge in [0.15, 0.2) is 0 Å². The second kappa shape index (κ2) is 3.93. The lowest BCUT2D eigenvalue weighted by molar-refractivity contribution is 0.0791. The van der Waals surface area contributed by atoms with Crippen molar-refractivity contribution in [3.63, 3.8) is 0 Å². The van der Waals surface area contributed by atoms with Gasteiger partial charge in [0, 0.05) is 19.1 Å². The minimum absolute atomic E-state index is 0.847. The Morgan fingerprint density at radius 1 is 1.31 bits per heavy atom. The van der Waals surface area contributed by atoms with E-state index in [9.17, 15) is 0 Å². The van der Waals surface area contributed by atoms with Gasteiger partial charge < -0.3 is 0 Å². The highest BCUT2D eigenvalue weighted by Gasteiger charge is 2.25. The Morgan fingerprint density at radius 3 is 2.62 bits per heavy atom. The highest BCUT2D eigenvalue weighted by molar-refractivity contribution is 5.15. The molecule has 1 aromatic rings. The number of hydrogen-bond acceptors (Lipinski definition) is 1. The largest absolute Gasteiger partial charge is 0.296 e. The van der Waals surface area contributed by atoms with Crippen LogP contribution in [-0.4, -0.2) is 17.5 Å². The first kappa shape index (κ1) is 8.76. The predicted molar refractivity (Wildman–Crippen MR) is 55.5 cm³/mol. The topological polar surface area (TPSA) is 3.24 Å². The van der Waals surface area contributed by atoms with E-state index < -0.39 is 0 Å². The molecule has 1 heteroatoms. The molecule has 0 bridgehead atoms. The van der Waals surface area contributed by atoms with Crippen LogP contribution in [0.5, 0.6) is 0 Å². The SMILES string of the molecule is CCC1CCN1Cc1ccccc1. The van der Waals surface area contributed by atoms with Gasteiger partial charge in [-0.3, -0.25) is 4.90 Å². The molecule has 1 nitrogen and oxygen atoms in total. The third kappa shape index (κ3) is 1.92. The monoisotopic (exact) mass is 175 g/mol. The zero-order valence-corrected chi connectivity index (χ0v) is 8.24. The summed E-state index contributed by atoms with van der Waals surface area (Å²) in [6, 6.07) is 11.6. The predicted octanol–water partition coefficient (Wildman–Crippen LogP) is 2.67. The average Bonchev–Trinajstić information content (AvgIpc) is 2.15. The minimum Gasteiger partial charge on any atom is -0.296 e. The molecule has 0 N–H and O–H groups in total. The van der Waals surface area contributed by atoms with Gasteiger partial charge in [-0.2, -0.15) is 0 Å². The summed E-state index contributed by atoms with van der Waals surface area (Å²) in [4.78, 5) is 2.56. The summed E-state index contributed by atoms with van der Waals surface area (Å²) in [6.45, 7) is 4.70. The summed E-state index contributed by atoms with van der Waals surface area (Å²) in [7, 11) is 0. The number of hydrogen-bond donors (Lipinski definition) is 0. The van der Waals surface area contributed by atoms with Gasteiger partial charge in [0.25, 0.3) is 0 Å². The lowest BCUT2D eigenvalue weighted by atomic mass is 9.99. The van der Waals surface area contributed by atoms with E-state index in [2.05, 4.69) is 42.2 Å². The van der Waals surface area contributed by atoms with Crippen LogP contribution < -0.4 is 0 Å². The molecule has 1 aliphatic heterocycles. The number of benzene rings is 1. The summed E-state index contributed by atoms with van der Waals surface area (Å²) in [6.07, 6.45) is 2.69. The van der Waals surface area contributed by atoms with Crippen LogP contribution in [0.3, 0.4) is 0 Å². The van der Waals surface area contributed by atoms with Crippen molar-refractivity contribution in [2.24, 2.45) is 0 Å². The molecule has 0 radical (unpaired) electrons. The zero-order chi connectivity index (χ0) is 9.10. The number of rotatable bonds is 3. The van der Waals surface area contributed by atoms with Crippen molar-refractivity contribution in [2.45, 2.75) is 32.4 Å². The van der Waals surface area contributed by atoms with Crippen molar-refractivity contribution < 1.29 is 0 Å². The van der Waals surface area contributed by atoms with E-state index in [1.54, 1.807) is 0 Å². The number of nitrogens with zero attached hydrogens (tertiary/aromatic N) is 1. The van der Waals surface area contributed by atoms with E-state index in [1.807, 2.05) is 0 Å². The van der Waals surface area contributed by atoms with Crippen molar-refractivity contribution >= 4 is 0 Å². The lowest BCUT2D eigenvalue weighted by Crippen LogP contribution is -2.46. The molecule has 2 rings (SSSR count). The molecule has 1 aliphatic rings. The van der Waals surface area contributed by atoms with Gasteiger partial charge in [-0.25, -0.2) is 0 Å². The highest BCUT2D eigenvalue weighted by Crippen LogP contribution is 2.22. The summed E-state index contributed by atoms with van der Waals surface area (Å²) in [5.74, 6) is 0. The van der Waals surface area contributed by atoms with Crippen molar-refractivity contribution in [2.75, 3.05) is 6.54 Å². The van der Waals surface area contributed by atoms with Gasteiger partial charge in [-0.05, 0) is 18.4 Å². The van der Waals surface area contributed by atoms with Gasteiger partial charge >= 0.3 is 0 Å². The summed E-state index contributed by atoms with van der Waals surface area (Å²) in [5.41, 5.74) is 1.45. The zero-order valence-electron chi connectivity index (χ0n) is 8.24. The standard InChI is InChI=1S/C12H17N/c1-2-12-8-9-13(12)10-11-6-4-3-5-7-11/h3-7,12H,2,8-10H2,1H3. The van der Waals surface area contributed by atoms with Crippen LogP contribution >= 0.6 is 0 Å². The third-order valence-electron chi connectivity index (χ3n) is 2.97. The summed E-state index contributed by atoms with van der Waals surface area (Å²) < 4.78 is 0. The van der Waals surface area contributed by atoms with E-state index in [4.69, 9.17) is 0 Å². The molecule has 1 unspecified atom stereocenters. The molecule has 0 saturated carbocycles. The first-order valence-corrected chi connectivity index (χ1v) is 5.18. The van der Waals surface area contributed by atoms with Crippen molar-refractivity contribution in [1.82, 2.24) is 4.90 Å². The van der Waals surface area contributed by atoms with Crippen LogP contribution in [0.2, 0.25) is 0 Å². The quantitative estimate of drug-likeness (QED) is 0.682. The molecule has 0 amide bonds. The molecule has 1 saturated heterocycles. The molecule has 1 fully saturated rings. The Morgan fingerprint density at radius 2 is 2.08 bits per heavy atom. The van der Waals surface area contributed by atoms with E-state index in [0.29, 0.717) is 0 Å². The van der Waals surface area contributed by atoms with Crippen LogP contribution in [0.15, 0.2) is 30.3 Å². The fourth-order valence-corrected chi connectivity index (χ4v) is 1.98. The lowest BCUT2D eigenvalue weighted by Gasteiger charge is -2.40. The fraction of sp³-hybridized carbons (Fsp3) is 0.500. The van der Waals surface area contributed by atoms with Crippen molar-refractivity contribution in [1.29, 1.82) is 0 Å². The maximum absolute atomic E-state index is 2.56. The van der Waals surface area contributed by atoms with E-state index >= 15 is 0 Å². The molecular weight excluding hydrogens is 158 g/mol. The first-order chi connectivity index (χ1) is 6.40. The van der Waals surface area contributed by atoms with Crippen LogP contribution in [0.1, 0.15) is 25.3 Å². The third-order valence-corrected chi connectivity index (χ3v) is 2.97. The number of likely N-dealkylation sites (tertiary alicyclic amines) is 1. The van der Waals surface area contributed by atoms with Gasteiger partial charge in [0.05, 0.1) is 0 Å². The smallest absolute Gasteiger partial charge is 0.0236 e. The highest BCUT2D eigenvalue weighted by atomic mass is 15.2. The normalized spacial score (nSPS) is 22.7.